The number of nitrogens with one attached hydrogen (secondary N) is 1. The van der Waals surface area contributed by atoms with Crippen LogP contribution in [0.15, 0.2) is 17.0 Å². The second-order valence-corrected chi connectivity index (χ2v) is 3.31. The molecule has 68 valence electrons. The molecular formula is C7H8BrN5. The lowest BCUT2D eigenvalue weighted by atomic mass is 10.5. The van der Waals surface area contributed by atoms with Crippen molar-refractivity contribution >= 4 is 21.6 Å². The molecule has 0 atom stereocenters. The highest BCUT2D eigenvalue weighted by molar-refractivity contribution is 9.10. The third-order valence-electron chi connectivity index (χ3n) is 1.69. The van der Waals surface area contributed by atoms with Gasteiger partial charge in [-0.3, -0.25) is 4.40 Å². The summed E-state index contributed by atoms with van der Waals surface area (Å²) in [6.07, 6.45) is 3.55. The van der Waals surface area contributed by atoms with E-state index in [1.165, 1.54) is 0 Å². The van der Waals surface area contributed by atoms with Gasteiger partial charge in [-0.15, -0.1) is 10.2 Å². The molecule has 5 nitrogen and oxygen atoms in total. The Morgan fingerprint density at radius 3 is 3.15 bits per heavy atom. The van der Waals surface area contributed by atoms with Crippen molar-refractivity contribution in [3.05, 3.63) is 22.8 Å². The number of nitrogens with zero attached hydrogens (tertiary/aromatic N) is 4. The molecule has 2 heterocycles. The second kappa shape index (κ2) is 3.39. The van der Waals surface area contributed by atoms with Crippen LogP contribution in [0.1, 0.15) is 5.82 Å². The Hall–Kier alpha value is -1.01. The Labute approximate surface area is 83.3 Å². The van der Waals surface area contributed by atoms with E-state index in [9.17, 15) is 0 Å². The molecule has 0 aromatic carbocycles. The summed E-state index contributed by atoms with van der Waals surface area (Å²) >= 11 is 3.31. The lowest BCUT2D eigenvalue weighted by molar-refractivity contribution is 0.746. The van der Waals surface area contributed by atoms with E-state index in [4.69, 9.17) is 0 Å². The van der Waals surface area contributed by atoms with Gasteiger partial charge < -0.3 is 5.32 Å². The van der Waals surface area contributed by atoms with Gasteiger partial charge in [-0.2, -0.15) is 0 Å². The van der Waals surface area contributed by atoms with Crippen molar-refractivity contribution in [3.8, 4) is 0 Å². The summed E-state index contributed by atoms with van der Waals surface area (Å²) in [5.41, 5.74) is 0.743. The predicted molar refractivity (Wildman–Crippen MR) is 51.2 cm³/mol. The minimum Gasteiger partial charge on any atom is -0.313 e. The fourth-order valence-electron chi connectivity index (χ4n) is 1.12. The minimum atomic E-state index is 0.692. The predicted octanol–water partition coefficient (Wildman–Crippen LogP) is 0.606. The van der Waals surface area contributed by atoms with Crippen LogP contribution in [0.3, 0.4) is 0 Å². The normalized spacial score (nSPS) is 10.9. The van der Waals surface area contributed by atoms with Crippen LogP contribution in [0, 0.1) is 0 Å². The highest BCUT2D eigenvalue weighted by atomic mass is 79.9. The fourth-order valence-corrected chi connectivity index (χ4v) is 1.51. The zero-order valence-corrected chi connectivity index (χ0v) is 8.61. The molecule has 0 saturated carbocycles. The number of halogens is 1. The molecule has 0 saturated heterocycles. The van der Waals surface area contributed by atoms with E-state index in [1.807, 2.05) is 17.6 Å². The van der Waals surface area contributed by atoms with Gasteiger partial charge in [0.25, 0.3) is 0 Å². The van der Waals surface area contributed by atoms with Crippen LogP contribution in [-0.2, 0) is 6.54 Å². The van der Waals surface area contributed by atoms with E-state index in [-0.39, 0.29) is 0 Å². The van der Waals surface area contributed by atoms with Crippen LogP contribution in [-0.4, -0.2) is 26.6 Å². The number of hydrogen-bond acceptors (Lipinski definition) is 4. The van der Waals surface area contributed by atoms with Crippen LogP contribution in [0.5, 0.6) is 0 Å². The van der Waals surface area contributed by atoms with E-state index < -0.39 is 0 Å². The summed E-state index contributed by atoms with van der Waals surface area (Å²) in [7, 11) is 1.87. The SMILES string of the molecule is CNCc1nnc2c(Br)nccn12. The first-order valence-corrected chi connectivity index (χ1v) is 4.61. The van der Waals surface area contributed by atoms with Gasteiger partial charge in [0.05, 0.1) is 6.54 Å². The van der Waals surface area contributed by atoms with E-state index >= 15 is 0 Å². The first kappa shape index (κ1) is 8.58. The molecule has 0 fully saturated rings. The van der Waals surface area contributed by atoms with Gasteiger partial charge in [-0.1, -0.05) is 0 Å². The summed E-state index contributed by atoms with van der Waals surface area (Å²) < 4.78 is 2.61. The highest BCUT2D eigenvalue weighted by Gasteiger charge is 2.06. The van der Waals surface area contributed by atoms with Crippen LogP contribution >= 0.6 is 15.9 Å². The maximum absolute atomic E-state index is 4.05. The van der Waals surface area contributed by atoms with Gasteiger partial charge in [0.2, 0.25) is 0 Å². The lowest BCUT2D eigenvalue weighted by Gasteiger charge is -1.97. The number of rotatable bonds is 2. The van der Waals surface area contributed by atoms with Crippen molar-refractivity contribution in [2.24, 2.45) is 0 Å². The number of aromatic nitrogens is 4. The van der Waals surface area contributed by atoms with E-state index in [1.54, 1.807) is 6.20 Å². The third kappa shape index (κ3) is 1.42. The van der Waals surface area contributed by atoms with Crippen molar-refractivity contribution in [2.75, 3.05) is 7.05 Å². The Bertz CT molecular complexity index is 424. The summed E-state index contributed by atoms with van der Waals surface area (Å²) in [4.78, 5) is 4.05. The maximum atomic E-state index is 4.05. The van der Waals surface area contributed by atoms with Crippen molar-refractivity contribution in [2.45, 2.75) is 6.54 Å². The quantitative estimate of drug-likeness (QED) is 0.838. The van der Waals surface area contributed by atoms with Crippen LogP contribution in [0.4, 0.5) is 0 Å². The molecule has 0 spiro atoms. The van der Waals surface area contributed by atoms with Crippen molar-refractivity contribution in [3.63, 3.8) is 0 Å². The molecule has 0 amide bonds. The van der Waals surface area contributed by atoms with Crippen LogP contribution in [0.25, 0.3) is 5.65 Å². The first-order valence-electron chi connectivity index (χ1n) is 3.81. The lowest BCUT2D eigenvalue weighted by Crippen LogP contribution is -2.08. The van der Waals surface area contributed by atoms with Gasteiger partial charge in [-0.05, 0) is 23.0 Å². The molecule has 13 heavy (non-hydrogen) atoms. The molecule has 0 aliphatic carbocycles. The molecule has 0 unspecified atom stereocenters. The van der Waals surface area contributed by atoms with Crippen LogP contribution in [0.2, 0.25) is 0 Å². The van der Waals surface area contributed by atoms with Gasteiger partial charge in [0.15, 0.2) is 16.1 Å². The summed E-state index contributed by atoms with van der Waals surface area (Å²) in [6, 6.07) is 0. The minimum absolute atomic E-state index is 0.692. The zero-order chi connectivity index (χ0) is 9.26. The average Bonchev–Trinajstić information content (AvgIpc) is 2.51. The Balaban J connectivity index is 2.61. The average molecular weight is 242 g/mol. The van der Waals surface area contributed by atoms with Crippen molar-refractivity contribution in [1.82, 2.24) is 24.9 Å². The first-order chi connectivity index (χ1) is 6.33. The smallest absolute Gasteiger partial charge is 0.194 e. The molecule has 0 bridgehead atoms. The molecule has 0 aliphatic rings. The summed E-state index contributed by atoms with van der Waals surface area (Å²) in [5.74, 6) is 0.876. The topological polar surface area (TPSA) is 55.1 Å². The van der Waals surface area contributed by atoms with Crippen molar-refractivity contribution in [1.29, 1.82) is 0 Å². The Kier molecular flexibility index (Phi) is 2.24. The largest absolute Gasteiger partial charge is 0.313 e. The van der Waals surface area contributed by atoms with Crippen molar-refractivity contribution < 1.29 is 0 Å². The summed E-state index contributed by atoms with van der Waals surface area (Å²) in [5, 5.41) is 11.0. The Morgan fingerprint density at radius 1 is 1.54 bits per heavy atom. The fraction of sp³-hybridized carbons (Fsp3) is 0.286. The van der Waals surface area contributed by atoms with Gasteiger partial charge in [0.1, 0.15) is 0 Å². The molecular weight excluding hydrogens is 234 g/mol. The van der Waals surface area contributed by atoms with Gasteiger partial charge in [0, 0.05) is 12.4 Å². The molecule has 0 aliphatic heterocycles. The summed E-state index contributed by atoms with van der Waals surface area (Å²) in [6.45, 7) is 0.692. The molecule has 1 N–H and O–H groups in total. The molecule has 0 radical (unpaired) electrons. The monoisotopic (exact) mass is 241 g/mol. The van der Waals surface area contributed by atoms with Gasteiger partial charge >= 0.3 is 0 Å². The second-order valence-electron chi connectivity index (χ2n) is 2.56. The number of hydrogen-bond donors (Lipinski definition) is 1. The molecule has 2 aromatic heterocycles. The zero-order valence-electron chi connectivity index (χ0n) is 7.03. The van der Waals surface area contributed by atoms with Gasteiger partial charge in [-0.25, -0.2) is 4.98 Å². The Morgan fingerprint density at radius 2 is 2.38 bits per heavy atom. The third-order valence-corrected chi connectivity index (χ3v) is 2.25. The van der Waals surface area contributed by atoms with Crippen LogP contribution < -0.4 is 5.32 Å². The standard InChI is InChI=1S/C7H8BrN5/c1-9-4-5-11-12-7-6(8)10-2-3-13(5)7/h2-3,9H,4H2,1H3. The highest BCUT2D eigenvalue weighted by Crippen LogP contribution is 2.12. The molecule has 2 rings (SSSR count). The molecule has 6 heteroatoms. The van der Waals surface area contributed by atoms with E-state index in [0.29, 0.717) is 11.1 Å². The van der Waals surface area contributed by atoms with E-state index in [2.05, 4.69) is 36.4 Å². The maximum Gasteiger partial charge on any atom is 0.194 e. The molecule has 2 aromatic rings. The van der Waals surface area contributed by atoms with E-state index in [0.717, 1.165) is 11.5 Å². The number of fused-ring (bicyclic) bond motifs is 1.